The molecule has 0 saturated heterocycles. The molecule has 3 rings (SSSR count). The molecule has 0 fully saturated rings. The summed E-state index contributed by atoms with van der Waals surface area (Å²) in [6, 6.07) is 14.1. The molecule has 1 aromatic carbocycles. The Morgan fingerprint density at radius 1 is 1.10 bits per heavy atom. The van der Waals surface area contributed by atoms with Crippen molar-refractivity contribution in [3.63, 3.8) is 0 Å². The Morgan fingerprint density at radius 3 is 2.85 bits per heavy atom. The molecule has 5 heteroatoms. The lowest BCUT2D eigenvalue weighted by Gasteiger charge is -2.04. The minimum absolute atomic E-state index is 0.805. The van der Waals surface area contributed by atoms with E-state index in [1.165, 1.54) is 0 Å². The van der Waals surface area contributed by atoms with Crippen molar-refractivity contribution in [3.8, 4) is 0 Å². The highest BCUT2D eigenvalue weighted by atomic mass is 32.2. The molecular weight excluding hydrogens is 268 g/mol. The van der Waals surface area contributed by atoms with E-state index in [-0.39, 0.29) is 0 Å². The van der Waals surface area contributed by atoms with E-state index < -0.39 is 0 Å². The fraction of sp³-hybridized carbons (Fsp3) is 0.200. The summed E-state index contributed by atoms with van der Waals surface area (Å²) in [5.41, 5.74) is 3.13. The molecule has 0 radical (unpaired) electrons. The third-order valence-electron chi connectivity index (χ3n) is 2.89. The Hall–Kier alpha value is -2.01. The number of anilines is 1. The molecule has 4 nitrogen and oxygen atoms in total. The number of nitrogens with one attached hydrogen (secondary N) is 2. The van der Waals surface area contributed by atoms with Gasteiger partial charge in [-0.3, -0.25) is 0 Å². The van der Waals surface area contributed by atoms with E-state index >= 15 is 0 Å². The van der Waals surface area contributed by atoms with E-state index in [0.29, 0.717) is 0 Å². The number of aromatic nitrogens is 3. The molecule has 2 aromatic heterocycles. The molecule has 2 N–H and O–H groups in total. The summed E-state index contributed by atoms with van der Waals surface area (Å²) in [6.07, 6.45) is 0. The predicted molar refractivity (Wildman–Crippen MR) is 84.1 cm³/mol. The highest BCUT2D eigenvalue weighted by Crippen LogP contribution is 2.22. The van der Waals surface area contributed by atoms with Crippen LogP contribution >= 0.6 is 11.8 Å². The first-order valence-electron chi connectivity index (χ1n) is 6.62. The van der Waals surface area contributed by atoms with Crippen LogP contribution in [0.4, 0.5) is 5.82 Å². The van der Waals surface area contributed by atoms with Gasteiger partial charge in [0.25, 0.3) is 0 Å². The Labute approximate surface area is 122 Å². The summed E-state index contributed by atoms with van der Waals surface area (Å²) in [5, 5.41) is 4.16. The summed E-state index contributed by atoms with van der Waals surface area (Å²) >= 11 is 1.67. The second-order valence-corrected chi connectivity index (χ2v) is 5.36. The van der Waals surface area contributed by atoms with Crippen LogP contribution < -0.4 is 5.32 Å². The van der Waals surface area contributed by atoms with Crippen molar-refractivity contribution in [2.75, 3.05) is 11.9 Å². The zero-order valence-corrected chi connectivity index (χ0v) is 12.1. The van der Waals surface area contributed by atoms with Crippen molar-refractivity contribution in [2.45, 2.75) is 17.8 Å². The van der Waals surface area contributed by atoms with Crippen molar-refractivity contribution >= 4 is 28.6 Å². The number of benzene rings is 1. The monoisotopic (exact) mass is 284 g/mol. The van der Waals surface area contributed by atoms with Crippen molar-refractivity contribution < 1.29 is 0 Å². The zero-order valence-electron chi connectivity index (χ0n) is 11.3. The number of rotatable bonds is 5. The zero-order chi connectivity index (χ0) is 13.8. The van der Waals surface area contributed by atoms with Gasteiger partial charge in [0.1, 0.15) is 5.82 Å². The van der Waals surface area contributed by atoms with E-state index in [9.17, 15) is 0 Å². The first-order chi connectivity index (χ1) is 9.85. The van der Waals surface area contributed by atoms with Crippen LogP contribution in [0.3, 0.4) is 0 Å². The lowest BCUT2D eigenvalue weighted by atomic mass is 10.3. The highest BCUT2D eigenvalue weighted by molar-refractivity contribution is 7.98. The fourth-order valence-corrected chi connectivity index (χ4v) is 2.77. The van der Waals surface area contributed by atoms with Gasteiger partial charge in [-0.2, -0.15) is 0 Å². The third-order valence-corrected chi connectivity index (χ3v) is 3.80. The SMILES string of the molecule is CCNc1cccc(CSc2nc3ccccc3[nH]2)n1. The maximum atomic E-state index is 4.56. The van der Waals surface area contributed by atoms with Gasteiger partial charge in [-0.1, -0.05) is 30.0 Å². The molecule has 0 aliphatic carbocycles. The van der Waals surface area contributed by atoms with Crippen molar-refractivity contribution in [3.05, 3.63) is 48.2 Å². The molecule has 3 aromatic rings. The maximum absolute atomic E-state index is 4.56. The fourth-order valence-electron chi connectivity index (χ4n) is 1.98. The van der Waals surface area contributed by atoms with Gasteiger partial charge in [-0.25, -0.2) is 9.97 Å². The molecule has 2 heterocycles. The number of thioether (sulfide) groups is 1. The number of nitrogens with zero attached hydrogens (tertiary/aromatic N) is 2. The Morgan fingerprint density at radius 2 is 2.00 bits per heavy atom. The van der Waals surface area contributed by atoms with E-state index in [1.54, 1.807) is 11.8 Å². The standard InChI is InChI=1S/C15H16N4S/c1-2-16-14-9-5-6-11(17-14)10-20-15-18-12-7-3-4-8-13(12)19-15/h3-9H,2,10H2,1H3,(H,16,17)(H,18,19). The Bertz CT molecular complexity index is 675. The van der Waals surface area contributed by atoms with Gasteiger partial charge in [0, 0.05) is 12.3 Å². The van der Waals surface area contributed by atoms with Crippen LogP contribution in [0.5, 0.6) is 0 Å². The van der Waals surface area contributed by atoms with Crippen molar-refractivity contribution in [1.29, 1.82) is 0 Å². The topological polar surface area (TPSA) is 53.6 Å². The van der Waals surface area contributed by atoms with Gasteiger partial charge < -0.3 is 10.3 Å². The first-order valence-corrected chi connectivity index (χ1v) is 7.61. The molecule has 20 heavy (non-hydrogen) atoms. The second-order valence-electron chi connectivity index (χ2n) is 4.39. The van der Waals surface area contributed by atoms with Crippen molar-refractivity contribution in [2.24, 2.45) is 0 Å². The smallest absolute Gasteiger partial charge is 0.166 e. The third kappa shape index (κ3) is 2.93. The van der Waals surface area contributed by atoms with Crippen LogP contribution in [-0.4, -0.2) is 21.5 Å². The van der Waals surface area contributed by atoms with Gasteiger partial charge in [0.15, 0.2) is 5.16 Å². The van der Waals surface area contributed by atoms with E-state index in [1.807, 2.05) is 42.5 Å². The maximum Gasteiger partial charge on any atom is 0.166 e. The molecule has 0 aliphatic heterocycles. The van der Waals surface area contributed by atoms with E-state index in [0.717, 1.165) is 40.0 Å². The van der Waals surface area contributed by atoms with E-state index in [4.69, 9.17) is 0 Å². The summed E-state index contributed by atoms with van der Waals surface area (Å²) in [4.78, 5) is 12.4. The minimum Gasteiger partial charge on any atom is -0.370 e. The van der Waals surface area contributed by atoms with E-state index in [2.05, 4.69) is 27.2 Å². The average molecular weight is 284 g/mol. The van der Waals surface area contributed by atoms with Crippen LogP contribution in [0.15, 0.2) is 47.6 Å². The second kappa shape index (κ2) is 5.96. The molecule has 0 amide bonds. The summed E-state index contributed by atoms with van der Waals surface area (Å²) in [7, 11) is 0. The average Bonchev–Trinajstić information content (AvgIpc) is 2.89. The largest absolute Gasteiger partial charge is 0.370 e. The number of imidazole rings is 1. The van der Waals surface area contributed by atoms with Gasteiger partial charge >= 0.3 is 0 Å². The lowest BCUT2D eigenvalue weighted by molar-refractivity contribution is 1.07. The van der Waals surface area contributed by atoms with Gasteiger partial charge in [-0.05, 0) is 31.2 Å². The van der Waals surface area contributed by atoms with Gasteiger partial charge in [0.2, 0.25) is 0 Å². The van der Waals surface area contributed by atoms with Crippen molar-refractivity contribution in [1.82, 2.24) is 15.0 Å². The predicted octanol–water partition coefficient (Wildman–Crippen LogP) is 3.68. The summed E-state index contributed by atoms with van der Waals surface area (Å²) < 4.78 is 0. The van der Waals surface area contributed by atoms with Crippen LogP contribution in [0.1, 0.15) is 12.6 Å². The van der Waals surface area contributed by atoms with Gasteiger partial charge in [0.05, 0.1) is 16.7 Å². The number of aromatic amines is 1. The van der Waals surface area contributed by atoms with Crippen LogP contribution in [0, 0.1) is 0 Å². The summed E-state index contributed by atoms with van der Waals surface area (Å²) in [6.45, 7) is 2.95. The normalized spacial score (nSPS) is 10.8. The number of para-hydroxylation sites is 2. The lowest BCUT2D eigenvalue weighted by Crippen LogP contribution is -2.00. The Kier molecular flexibility index (Phi) is 3.87. The molecular formula is C15H16N4S. The molecule has 0 bridgehead atoms. The molecule has 0 spiro atoms. The first kappa shape index (κ1) is 13.0. The van der Waals surface area contributed by atoms with Crippen LogP contribution in [0.25, 0.3) is 11.0 Å². The number of H-pyrrole nitrogens is 1. The highest BCUT2D eigenvalue weighted by Gasteiger charge is 2.04. The van der Waals surface area contributed by atoms with Crippen LogP contribution in [0.2, 0.25) is 0 Å². The quantitative estimate of drug-likeness (QED) is 0.702. The summed E-state index contributed by atoms with van der Waals surface area (Å²) in [5.74, 6) is 1.73. The molecule has 0 atom stereocenters. The van der Waals surface area contributed by atoms with Gasteiger partial charge in [-0.15, -0.1) is 0 Å². The molecule has 0 saturated carbocycles. The molecule has 102 valence electrons. The number of pyridine rings is 1. The molecule has 0 aliphatic rings. The van der Waals surface area contributed by atoms with Crippen LogP contribution in [-0.2, 0) is 5.75 Å². The molecule has 0 unspecified atom stereocenters. The Balaban J connectivity index is 1.71. The number of hydrogen-bond donors (Lipinski definition) is 2. The number of fused-ring (bicyclic) bond motifs is 1. The number of hydrogen-bond acceptors (Lipinski definition) is 4. The minimum atomic E-state index is 0.805.